The lowest BCUT2D eigenvalue weighted by Gasteiger charge is -2.18. The molecule has 1 radical (unpaired) electrons. The number of hydrogen-bond donors (Lipinski definition) is 0. The molecule has 2 rings (SSSR count). The molecule has 0 spiro atoms. The van der Waals surface area contributed by atoms with Crippen LogP contribution in [0.25, 0.3) is 0 Å². The summed E-state index contributed by atoms with van der Waals surface area (Å²) in [5, 5.41) is 0. The van der Waals surface area contributed by atoms with Crippen LogP contribution in [0.3, 0.4) is 0 Å². The van der Waals surface area contributed by atoms with Gasteiger partial charge in [0.1, 0.15) is 0 Å². The molecule has 0 aliphatic carbocycles. The Kier molecular flexibility index (Phi) is 1.88. The van der Waals surface area contributed by atoms with E-state index >= 15 is 0 Å². The number of rotatable bonds is 1. The number of amides is 1. The van der Waals surface area contributed by atoms with E-state index in [9.17, 15) is 4.79 Å². The highest BCUT2D eigenvalue weighted by molar-refractivity contribution is 6.07. The second-order valence-electron chi connectivity index (χ2n) is 4.10. The van der Waals surface area contributed by atoms with Crippen LogP contribution in [0.1, 0.15) is 19.4 Å². The lowest BCUT2D eigenvalue weighted by molar-refractivity contribution is -0.122. The first kappa shape index (κ1) is 9.25. The van der Waals surface area contributed by atoms with Gasteiger partial charge < -0.3 is 4.90 Å². The lowest BCUT2D eigenvalue weighted by Crippen LogP contribution is -2.35. The lowest BCUT2D eigenvalue weighted by atomic mass is 9.86. The molecule has 2 nitrogen and oxygen atoms in total. The number of carbonyl (C=O) groups excluding carboxylic acids is 1. The van der Waals surface area contributed by atoms with Crippen LogP contribution in [-0.2, 0) is 10.2 Å². The molecule has 0 saturated heterocycles. The minimum Gasteiger partial charge on any atom is -0.311 e. The second-order valence-corrected chi connectivity index (χ2v) is 4.10. The van der Waals surface area contributed by atoms with Gasteiger partial charge in [0.15, 0.2) is 0 Å². The largest absolute Gasteiger partial charge is 0.311 e. The summed E-state index contributed by atoms with van der Waals surface area (Å²) in [6, 6.07) is 7.92. The number of benzene rings is 1. The zero-order valence-electron chi connectivity index (χ0n) is 8.58. The normalized spacial score (nSPS) is 18.5. The molecule has 0 fully saturated rings. The maximum Gasteiger partial charge on any atom is 0.237 e. The molecule has 1 aliphatic heterocycles. The van der Waals surface area contributed by atoms with Gasteiger partial charge in [-0.2, -0.15) is 0 Å². The van der Waals surface area contributed by atoms with E-state index in [1.54, 1.807) is 4.90 Å². The summed E-state index contributed by atoms with van der Waals surface area (Å²) in [7, 11) is 0. The highest BCUT2D eigenvalue weighted by atomic mass is 16.2. The van der Waals surface area contributed by atoms with Gasteiger partial charge in [0, 0.05) is 12.2 Å². The number of anilines is 1. The fourth-order valence-corrected chi connectivity index (χ4v) is 2.02. The van der Waals surface area contributed by atoms with Crippen LogP contribution in [-0.4, -0.2) is 12.5 Å². The quantitative estimate of drug-likeness (QED) is 0.661. The Morgan fingerprint density at radius 3 is 2.64 bits per heavy atom. The SMILES string of the molecule is [CH2]CN1C(=O)C(C)(C)c2ccccc21. The molecule has 0 N–H and O–H groups in total. The smallest absolute Gasteiger partial charge is 0.237 e. The Morgan fingerprint density at radius 2 is 2.00 bits per heavy atom. The molecule has 0 aromatic heterocycles. The fourth-order valence-electron chi connectivity index (χ4n) is 2.02. The minimum atomic E-state index is -0.395. The Morgan fingerprint density at radius 1 is 1.36 bits per heavy atom. The average molecular weight is 188 g/mol. The third-order valence-electron chi connectivity index (χ3n) is 2.87. The molecule has 1 heterocycles. The maximum atomic E-state index is 12.0. The molecule has 0 unspecified atom stereocenters. The number of para-hydroxylation sites is 1. The number of fused-ring (bicyclic) bond motifs is 1. The number of nitrogens with zero attached hydrogens (tertiary/aromatic N) is 1. The van der Waals surface area contributed by atoms with Crippen LogP contribution >= 0.6 is 0 Å². The molecule has 0 atom stereocenters. The van der Waals surface area contributed by atoms with Crippen molar-refractivity contribution >= 4 is 11.6 Å². The number of hydrogen-bond acceptors (Lipinski definition) is 1. The molecule has 14 heavy (non-hydrogen) atoms. The zero-order valence-corrected chi connectivity index (χ0v) is 8.58. The van der Waals surface area contributed by atoms with Crippen LogP contribution in [0.2, 0.25) is 0 Å². The van der Waals surface area contributed by atoms with Crippen molar-refractivity contribution in [3.05, 3.63) is 36.8 Å². The van der Waals surface area contributed by atoms with Crippen molar-refractivity contribution in [1.29, 1.82) is 0 Å². The van der Waals surface area contributed by atoms with Gasteiger partial charge in [-0.3, -0.25) is 4.79 Å². The van der Waals surface area contributed by atoms with Crippen molar-refractivity contribution in [3.63, 3.8) is 0 Å². The summed E-state index contributed by atoms with van der Waals surface area (Å²) in [6.45, 7) is 8.21. The molecule has 1 aromatic rings. The molecule has 0 bridgehead atoms. The molecule has 0 saturated carbocycles. The van der Waals surface area contributed by atoms with Crippen molar-refractivity contribution in [2.45, 2.75) is 19.3 Å². The molecule has 1 amide bonds. The Bertz CT molecular complexity index is 382. The van der Waals surface area contributed by atoms with Gasteiger partial charge in [-0.1, -0.05) is 18.2 Å². The molecule has 1 aromatic carbocycles. The van der Waals surface area contributed by atoms with E-state index in [2.05, 4.69) is 6.92 Å². The van der Waals surface area contributed by atoms with Crippen molar-refractivity contribution in [2.24, 2.45) is 0 Å². The summed E-state index contributed by atoms with van der Waals surface area (Å²) in [6.07, 6.45) is 0. The van der Waals surface area contributed by atoms with E-state index in [0.29, 0.717) is 6.54 Å². The van der Waals surface area contributed by atoms with E-state index in [4.69, 9.17) is 0 Å². The highest BCUT2D eigenvalue weighted by Gasteiger charge is 2.42. The zero-order chi connectivity index (χ0) is 10.3. The van der Waals surface area contributed by atoms with Gasteiger partial charge in [-0.15, -0.1) is 0 Å². The molecule has 1 aliphatic rings. The van der Waals surface area contributed by atoms with E-state index in [-0.39, 0.29) is 5.91 Å². The average Bonchev–Trinajstić information content (AvgIpc) is 2.37. The topological polar surface area (TPSA) is 20.3 Å². The van der Waals surface area contributed by atoms with Gasteiger partial charge >= 0.3 is 0 Å². The highest BCUT2D eigenvalue weighted by Crippen LogP contribution is 2.40. The fraction of sp³-hybridized carbons (Fsp3) is 0.333. The van der Waals surface area contributed by atoms with Gasteiger partial charge in [0.25, 0.3) is 0 Å². The van der Waals surface area contributed by atoms with Crippen LogP contribution in [0.5, 0.6) is 0 Å². The predicted molar refractivity (Wildman–Crippen MR) is 57.2 cm³/mol. The van der Waals surface area contributed by atoms with Gasteiger partial charge in [0.05, 0.1) is 5.41 Å². The van der Waals surface area contributed by atoms with Crippen LogP contribution < -0.4 is 4.90 Å². The summed E-state index contributed by atoms with van der Waals surface area (Å²) in [5.41, 5.74) is 1.72. The Hall–Kier alpha value is -1.31. The molecular formula is C12H14NO. The van der Waals surface area contributed by atoms with Crippen molar-refractivity contribution in [1.82, 2.24) is 0 Å². The van der Waals surface area contributed by atoms with E-state index < -0.39 is 5.41 Å². The maximum absolute atomic E-state index is 12.0. The Balaban J connectivity index is 2.62. The predicted octanol–water partition coefficient (Wildman–Crippen LogP) is 2.14. The van der Waals surface area contributed by atoms with Crippen LogP contribution in [0.15, 0.2) is 24.3 Å². The summed E-state index contributed by atoms with van der Waals surface area (Å²) < 4.78 is 0. The summed E-state index contributed by atoms with van der Waals surface area (Å²) in [4.78, 5) is 13.7. The van der Waals surface area contributed by atoms with E-state index in [1.165, 1.54) is 0 Å². The second kappa shape index (κ2) is 2.84. The molecular weight excluding hydrogens is 174 g/mol. The number of carbonyl (C=O) groups is 1. The van der Waals surface area contributed by atoms with Gasteiger partial charge in [-0.05, 0) is 32.4 Å². The van der Waals surface area contributed by atoms with Gasteiger partial charge in [-0.25, -0.2) is 0 Å². The summed E-state index contributed by atoms with van der Waals surface area (Å²) in [5.74, 6) is 0.147. The van der Waals surface area contributed by atoms with Crippen LogP contribution in [0.4, 0.5) is 5.69 Å². The third kappa shape index (κ3) is 0.999. The summed E-state index contributed by atoms with van der Waals surface area (Å²) >= 11 is 0. The molecule has 2 heteroatoms. The van der Waals surface area contributed by atoms with E-state index in [1.807, 2.05) is 38.1 Å². The van der Waals surface area contributed by atoms with Crippen molar-refractivity contribution in [3.8, 4) is 0 Å². The monoisotopic (exact) mass is 188 g/mol. The molecule has 73 valence electrons. The first-order valence-corrected chi connectivity index (χ1v) is 4.79. The van der Waals surface area contributed by atoms with Crippen molar-refractivity contribution < 1.29 is 4.79 Å². The van der Waals surface area contributed by atoms with Crippen molar-refractivity contribution in [2.75, 3.05) is 11.4 Å². The third-order valence-corrected chi connectivity index (χ3v) is 2.87. The van der Waals surface area contributed by atoms with Crippen LogP contribution in [0, 0.1) is 6.92 Å². The Labute approximate surface area is 84.5 Å². The van der Waals surface area contributed by atoms with Gasteiger partial charge in [0.2, 0.25) is 5.91 Å². The van der Waals surface area contributed by atoms with E-state index in [0.717, 1.165) is 11.3 Å². The first-order chi connectivity index (χ1) is 6.59. The standard InChI is InChI=1S/C12H14NO/c1-4-13-10-8-6-5-7-9(10)12(2,3)11(13)14/h5-8H,1,4H2,2-3H3. The minimum absolute atomic E-state index is 0.147. The first-order valence-electron chi connectivity index (χ1n) is 4.79.